The molecule has 0 saturated carbocycles. The summed E-state index contributed by atoms with van der Waals surface area (Å²) in [6.45, 7) is 5.07. The molecule has 1 aromatic rings. The molecule has 3 atom stereocenters. The Labute approximate surface area is 105 Å². The third kappa shape index (κ3) is 3.56. The Kier molecular flexibility index (Phi) is 4.69. The maximum atomic E-state index is 11.8. The summed E-state index contributed by atoms with van der Waals surface area (Å²) in [6.07, 6.45) is 0. The average molecular weight is 255 g/mol. The van der Waals surface area contributed by atoms with Crippen molar-refractivity contribution in [3.63, 3.8) is 0 Å². The fraction of sp³-hybridized carbons (Fsp3) is 0.500. The number of aliphatic carboxylic acids is 1. The predicted molar refractivity (Wildman–Crippen MR) is 66.8 cm³/mol. The van der Waals surface area contributed by atoms with Gasteiger partial charge < -0.3 is 10.4 Å². The van der Waals surface area contributed by atoms with E-state index in [1.54, 1.807) is 25.2 Å². The van der Waals surface area contributed by atoms with Crippen LogP contribution in [0.4, 0.5) is 0 Å². The van der Waals surface area contributed by atoms with Crippen molar-refractivity contribution in [3.05, 3.63) is 22.4 Å². The number of carbonyl (C=O) groups is 2. The van der Waals surface area contributed by atoms with Gasteiger partial charge in [0.25, 0.3) is 0 Å². The Morgan fingerprint density at radius 2 is 1.94 bits per heavy atom. The van der Waals surface area contributed by atoms with Gasteiger partial charge in [-0.05, 0) is 18.4 Å². The van der Waals surface area contributed by atoms with E-state index in [4.69, 9.17) is 5.11 Å². The van der Waals surface area contributed by atoms with Crippen molar-refractivity contribution in [2.75, 3.05) is 0 Å². The largest absolute Gasteiger partial charge is 0.481 e. The molecule has 0 aliphatic heterocycles. The van der Waals surface area contributed by atoms with E-state index in [0.717, 1.165) is 4.88 Å². The Morgan fingerprint density at radius 1 is 1.29 bits per heavy atom. The molecule has 1 aromatic heterocycles. The first-order valence-electron chi connectivity index (χ1n) is 5.50. The molecular formula is C12H17NO3S. The second-order valence-electron chi connectivity index (χ2n) is 4.16. The monoisotopic (exact) mass is 255 g/mol. The molecule has 94 valence electrons. The number of hydrogen-bond acceptors (Lipinski definition) is 3. The van der Waals surface area contributed by atoms with Gasteiger partial charge in [-0.25, -0.2) is 0 Å². The van der Waals surface area contributed by atoms with Gasteiger partial charge in [0.2, 0.25) is 5.91 Å². The van der Waals surface area contributed by atoms with Gasteiger partial charge in [-0.2, -0.15) is 0 Å². The van der Waals surface area contributed by atoms with Gasteiger partial charge in [-0.15, -0.1) is 11.3 Å². The summed E-state index contributed by atoms with van der Waals surface area (Å²) < 4.78 is 0. The summed E-state index contributed by atoms with van der Waals surface area (Å²) >= 11 is 1.57. The van der Waals surface area contributed by atoms with Crippen LogP contribution in [0.2, 0.25) is 0 Å². The third-order valence-corrected chi connectivity index (χ3v) is 3.94. The van der Waals surface area contributed by atoms with Crippen molar-refractivity contribution in [1.29, 1.82) is 0 Å². The molecule has 0 bridgehead atoms. The van der Waals surface area contributed by atoms with Crippen molar-refractivity contribution in [2.24, 2.45) is 11.8 Å². The summed E-state index contributed by atoms with van der Waals surface area (Å²) in [5.74, 6) is -2.38. The van der Waals surface area contributed by atoms with Gasteiger partial charge >= 0.3 is 5.97 Å². The van der Waals surface area contributed by atoms with Crippen molar-refractivity contribution >= 4 is 23.2 Å². The minimum atomic E-state index is -0.948. The lowest BCUT2D eigenvalue weighted by Gasteiger charge is -2.19. The van der Waals surface area contributed by atoms with Crippen LogP contribution in [0.5, 0.6) is 0 Å². The number of hydrogen-bond donors (Lipinski definition) is 2. The lowest BCUT2D eigenvalue weighted by molar-refractivity contribution is -0.146. The van der Waals surface area contributed by atoms with Crippen LogP contribution < -0.4 is 5.32 Å². The molecular weight excluding hydrogens is 238 g/mol. The van der Waals surface area contributed by atoms with Crippen LogP contribution in [0.25, 0.3) is 0 Å². The molecule has 1 rings (SSSR count). The van der Waals surface area contributed by atoms with E-state index >= 15 is 0 Å². The summed E-state index contributed by atoms with van der Waals surface area (Å²) in [5, 5.41) is 13.6. The van der Waals surface area contributed by atoms with Gasteiger partial charge in [0, 0.05) is 10.8 Å². The molecule has 1 heterocycles. The highest BCUT2D eigenvalue weighted by Crippen LogP contribution is 2.19. The van der Waals surface area contributed by atoms with Gasteiger partial charge in [0.15, 0.2) is 0 Å². The van der Waals surface area contributed by atoms with Gasteiger partial charge in [-0.3, -0.25) is 9.59 Å². The highest BCUT2D eigenvalue weighted by molar-refractivity contribution is 7.10. The van der Waals surface area contributed by atoms with Crippen LogP contribution in [0.1, 0.15) is 31.7 Å². The quantitative estimate of drug-likeness (QED) is 0.848. The number of nitrogens with one attached hydrogen (secondary N) is 1. The van der Waals surface area contributed by atoms with E-state index in [1.807, 2.05) is 24.4 Å². The van der Waals surface area contributed by atoms with Crippen LogP contribution >= 0.6 is 11.3 Å². The Bertz CT molecular complexity index is 388. The van der Waals surface area contributed by atoms with Gasteiger partial charge in [-0.1, -0.05) is 19.9 Å². The number of rotatable bonds is 5. The standard InChI is InChI=1S/C12H17NO3S/c1-7(8(2)12(15)16)11(14)13-9(3)10-5-4-6-17-10/h4-9H,1-3H3,(H,13,14)(H,15,16)/t7?,8?,9-/m1/s1. The van der Waals surface area contributed by atoms with Crippen LogP contribution in [0, 0.1) is 11.8 Å². The fourth-order valence-corrected chi connectivity index (χ4v) is 2.13. The van der Waals surface area contributed by atoms with E-state index < -0.39 is 17.8 Å². The van der Waals surface area contributed by atoms with Crippen LogP contribution in [0.15, 0.2) is 17.5 Å². The van der Waals surface area contributed by atoms with E-state index in [2.05, 4.69) is 5.32 Å². The lowest BCUT2D eigenvalue weighted by Crippen LogP contribution is -2.36. The minimum Gasteiger partial charge on any atom is -0.481 e. The molecule has 0 aliphatic carbocycles. The third-order valence-electron chi connectivity index (χ3n) is 2.88. The van der Waals surface area contributed by atoms with Crippen molar-refractivity contribution < 1.29 is 14.7 Å². The van der Waals surface area contributed by atoms with E-state index in [9.17, 15) is 9.59 Å². The lowest BCUT2D eigenvalue weighted by atomic mass is 9.95. The first-order chi connectivity index (χ1) is 7.93. The molecule has 0 fully saturated rings. The number of carboxylic acids is 1. The topological polar surface area (TPSA) is 66.4 Å². The number of carbonyl (C=O) groups excluding carboxylic acids is 1. The minimum absolute atomic E-state index is 0.0778. The molecule has 0 radical (unpaired) electrons. The van der Waals surface area contributed by atoms with Gasteiger partial charge in [0.1, 0.15) is 0 Å². The maximum Gasteiger partial charge on any atom is 0.307 e. The van der Waals surface area contributed by atoms with Crippen molar-refractivity contribution in [1.82, 2.24) is 5.32 Å². The summed E-state index contributed by atoms with van der Waals surface area (Å²) in [6, 6.07) is 3.79. The predicted octanol–water partition coefficient (Wildman–Crippen LogP) is 2.28. The molecule has 5 heteroatoms. The normalized spacial score (nSPS) is 15.9. The highest BCUT2D eigenvalue weighted by Gasteiger charge is 2.26. The molecule has 0 spiro atoms. The summed E-state index contributed by atoms with van der Waals surface area (Å²) in [5.41, 5.74) is 0. The van der Waals surface area contributed by atoms with Crippen LogP contribution in [0.3, 0.4) is 0 Å². The maximum absolute atomic E-state index is 11.8. The zero-order valence-corrected chi connectivity index (χ0v) is 11.0. The zero-order valence-electron chi connectivity index (χ0n) is 10.1. The van der Waals surface area contributed by atoms with Crippen LogP contribution in [-0.2, 0) is 9.59 Å². The number of amides is 1. The van der Waals surface area contributed by atoms with Crippen molar-refractivity contribution in [3.8, 4) is 0 Å². The molecule has 2 unspecified atom stereocenters. The highest BCUT2D eigenvalue weighted by atomic mass is 32.1. The average Bonchev–Trinajstić information content (AvgIpc) is 2.80. The van der Waals surface area contributed by atoms with Crippen molar-refractivity contribution in [2.45, 2.75) is 26.8 Å². The van der Waals surface area contributed by atoms with E-state index in [1.165, 1.54) is 0 Å². The molecule has 2 N–H and O–H groups in total. The SMILES string of the molecule is CC(C(=O)O)C(C)C(=O)N[C@H](C)c1cccs1. The second kappa shape index (κ2) is 5.82. The molecule has 17 heavy (non-hydrogen) atoms. The molecule has 0 aromatic carbocycles. The second-order valence-corrected chi connectivity index (χ2v) is 5.14. The smallest absolute Gasteiger partial charge is 0.307 e. The zero-order chi connectivity index (χ0) is 13.0. The molecule has 1 amide bonds. The first kappa shape index (κ1) is 13.7. The Morgan fingerprint density at radius 3 is 2.41 bits per heavy atom. The van der Waals surface area contributed by atoms with E-state index in [0.29, 0.717) is 0 Å². The summed E-state index contributed by atoms with van der Waals surface area (Å²) in [4.78, 5) is 23.7. The fourth-order valence-electron chi connectivity index (χ4n) is 1.39. The molecule has 4 nitrogen and oxygen atoms in total. The van der Waals surface area contributed by atoms with Crippen LogP contribution in [-0.4, -0.2) is 17.0 Å². The van der Waals surface area contributed by atoms with Gasteiger partial charge in [0.05, 0.1) is 12.0 Å². The number of thiophene rings is 1. The molecule has 0 saturated heterocycles. The summed E-state index contributed by atoms with van der Waals surface area (Å²) in [7, 11) is 0. The number of carboxylic acid groups (broad SMARTS) is 1. The Hall–Kier alpha value is -1.36. The first-order valence-corrected chi connectivity index (χ1v) is 6.38. The Balaban J connectivity index is 2.57. The van der Waals surface area contributed by atoms with E-state index in [-0.39, 0.29) is 11.9 Å². The molecule has 0 aliphatic rings.